The van der Waals surface area contributed by atoms with E-state index >= 15 is 0 Å². The summed E-state index contributed by atoms with van der Waals surface area (Å²) in [6.07, 6.45) is 7.01. The third-order valence-corrected chi connectivity index (χ3v) is 5.30. The first kappa shape index (κ1) is 20.3. The minimum Gasteiger partial charge on any atom is -0.341 e. The third-order valence-electron chi connectivity index (χ3n) is 5.05. The fourth-order valence-corrected chi connectivity index (χ4v) is 3.58. The van der Waals surface area contributed by atoms with Crippen LogP contribution in [-0.4, -0.2) is 52.8 Å². The van der Waals surface area contributed by atoms with Gasteiger partial charge in [-0.3, -0.25) is 14.6 Å². The van der Waals surface area contributed by atoms with Gasteiger partial charge >= 0.3 is 0 Å². The van der Waals surface area contributed by atoms with Gasteiger partial charge in [0.25, 0.3) is 0 Å². The fraction of sp³-hybridized carbons (Fsp3) is 0.409. The Kier molecular flexibility index (Phi) is 7.43. The molecule has 1 aliphatic heterocycles. The molecule has 1 fully saturated rings. The van der Waals surface area contributed by atoms with E-state index < -0.39 is 0 Å². The molecule has 0 radical (unpaired) electrons. The SMILES string of the molecule is O=C(CCCc1cccnc1)N1CCCN(C(=O)Cc2ccc(Cl)cc2)CC1. The van der Waals surface area contributed by atoms with Crippen LogP contribution in [0.1, 0.15) is 30.4 Å². The molecule has 2 heterocycles. The van der Waals surface area contributed by atoms with Gasteiger partial charge in [0.2, 0.25) is 11.8 Å². The summed E-state index contributed by atoms with van der Waals surface area (Å²) >= 11 is 5.90. The molecule has 1 aromatic carbocycles. The summed E-state index contributed by atoms with van der Waals surface area (Å²) in [4.78, 5) is 33.0. The Labute approximate surface area is 171 Å². The molecule has 6 heteroatoms. The maximum Gasteiger partial charge on any atom is 0.227 e. The second kappa shape index (κ2) is 10.2. The summed E-state index contributed by atoms with van der Waals surface area (Å²) < 4.78 is 0. The number of nitrogens with zero attached hydrogens (tertiary/aromatic N) is 3. The summed E-state index contributed by atoms with van der Waals surface area (Å²) in [5.41, 5.74) is 2.12. The highest BCUT2D eigenvalue weighted by molar-refractivity contribution is 6.30. The summed E-state index contributed by atoms with van der Waals surface area (Å²) in [6.45, 7) is 2.63. The van der Waals surface area contributed by atoms with E-state index in [0.29, 0.717) is 37.5 Å². The minimum atomic E-state index is 0.105. The van der Waals surface area contributed by atoms with E-state index in [1.54, 1.807) is 18.3 Å². The van der Waals surface area contributed by atoms with Crippen molar-refractivity contribution >= 4 is 23.4 Å². The molecule has 5 nitrogen and oxygen atoms in total. The van der Waals surface area contributed by atoms with Crippen molar-refractivity contribution < 1.29 is 9.59 Å². The molecular formula is C22H26ClN3O2. The van der Waals surface area contributed by atoms with Gasteiger partial charge in [0.15, 0.2) is 0 Å². The smallest absolute Gasteiger partial charge is 0.227 e. The average molecular weight is 400 g/mol. The number of carbonyl (C=O) groups is 2. The normalized spacial score (nSPS) is 14.6. The van der Waals surface area contributed by atoms with Crippen LogP contribution in [0.4, 0.5) is 0 Å². The van der Waals surface area contributed by atoms with Gasteiger partial charge in [-0.1, -0.05) is 29.8 Å². The Morgan fingerprint density at radius 3 is 2.32 bits per heavy atom. The monoisotopic (exact) mass is 399 g/mol. The van der Waals surface area contributed by atoms with E-state index in [1.165, 1.54) is 0 Å². The first-order valence-electron chi connectivity index (χ1n) is 9.81. The molecule has 3 rings (SSSR count). The highest BCUT2D eigenvalue weighted by Gasteiger charge is 2.21. The van der Waals surface area contributed by atoms with E-state index in [1.807, 2.05) is 40.3 Å². The molecule has 0 bridgehead atoms. The molecule has 2 aromatic rings. The number of aryl methyl sites for hydroxylation is 1. The van der Waals surface area contributed by atoms with Gasteiger partial charge < -0.3 is 9.80 Å². The van der Waals surface area contributed by atoms with E-state index in [-0.39, 0.29) is 11.8 Å². The zero-order chi connectivity index (χ0) is 19.8. The van der Waals surface area contributed by atoms with Gasteiger partial charge in [-0.15, -0.1) is 0 Å². The summed E-state index contributed by atoms with van der Waals surface area (Å²) in [5.74, 6) is 0.282. The molecule has 0 saturated carbocycles. The molecule has 0 atom stereocenters. The van der Waals surface area contributed by atoms with Crippen LogP contribution in [0, 0.1) is 0 Å². The van der Waals surface area contributed by atoms with E-state index in [9.17, 15) is 9.59 Å². The number of aromatic nitrogens is 1. The van der Waals surface area contributed by atoms with Crippen molar-refractivity contribution in [3.05, 3.63) is 64.9 Å². The van der Waals surface area contributed by atoms with Gasteiger partial charge in [-0.2, -0.15) is 0 Å². The molecule has 0 spiro atoms. The predicted octanol–water partition coefficient (Wildman–Crippen LogP) is 3.36. The van der Waals surface area contributed by atoms with E-state index in [0.717, 1.165) is 36.9 Å². The number of hydrogen-bond acceptors (Lipinski definition) is 3. The van der Waals surface area contributed by atoms with Gasteiger partial charge in [-0.25, -0.2) is 0 Å². The molecule has 1 aromatic heterocycles. The Hall–Kier alpha value is -2.40. The Bertz CT molecular complexity index is 780. The first-order valence-corrected chi connectivity index (χ1v) is 10.2. The Balaban J connectivity index is 1.43. The first-order chi connectivity index (χ1) is 13.6. The van der Waals surface area contributed by atoms with Gasteiger partial charge in [0.1, 0.15) is 0 Å². The molecule has 2 amide bonds. The minimum absolute atomic E-state index is 0.105. The molecule has 0 N–H and O–H groups in total. The van der Waals surface area contributed by atoms with Crippen molar-refractivity contribution in [1.82, 2.24) is 14.8 Å². The largest absolute Gasteiger partial charge is 0.341 e. The fourth-order valence-electron chi connectivity index (χ4n) is 3.45. The number of halogens is 1. The van der Waals surface area contributed by atoms with Crippen molar-refractivity contribution in [2.45, 2.75) is 32.1 Å². The second-order valence-electron chi connectivity index (χ2n) is 7.13. The zero-order valence-corrected chi connectivity index (χ0v) is 16.8. The number of pyridine rings is 1. The Morgan fingerprint density at radius 2 is 1.64 bits per heavy atom. The molecule has 28 heavy (non-hydrogen) atoms. The van der Waals surface area contributed by atoms with Crippen LogP contribution < -0.4 is 0 Å². The van der Waals surface area contributed by atoms with Crippen LogP contribution >= 0.6 is 11.6 Å². The van der Waals surface area contributed by atoms with Crippen molar-refractivity contribution in [2.75, 3.05) is 26.2 Å². The lowest BCUT2D eigenvalue weighted by atomic mass is 10.1. The number of rotatable bonds is 6. The number of benzene rings is 1. The highest BCUT2D eigenvalue weighted by Crippen LogP contribution is 2.13. The van der Waals surface area contributed by atoms with Crippen LogP contribution in [0.5, 0.6) is 0 Å². The highest BCUT2D eigenvalue weighted by atomic mass is 35.5. The summed E-state index contributed by atoms with van der Waals surface area (Å²) in [7, 11) is 0. The van der Waals surface area contributed by atoms with Gasteiger partial charge in [0.05, 0.1) is 6.42 Å². The van der Waals surface area contributed by atoms with E-state index in [4.69, 9.17) is 11.6 Å². The molecule has 1 saturated heterocycles. The quantitative estimate of drug-likeness (QED) is 0.748. The summed E-state index contributed by atoms with van der Waals surface area (Å²) in [6, 6.07) is 11.3. The van der Waals surface area contributed by atoms with Crippen LogP contribution in [0.2, 0.25) is 5.02 Å². The predicted molar refractivity (Wildman–Crippen MR) is 110 cm³/mol. The lowest BCUT2D eigenvalue weighted by molar-refractivity contribution is -0.133. The zero-order valence-electron chi connectivity index (χ0n) is 16.0. The van der Waals surface area contributed by atoms with Gasteiger partial charge in [0, 0.05) is 50.0 Å². The van der Waals surface area contributed by atoms with Crippen LogP contribution in [0.3, 0.4) is 0 Å². The maximum absolute atomic E-state index is 12.6. The van der Waals surface area contributed by atoms with Crippen LogP contribution in [0.15, 0.2) is 48.8 Å². The van der Waals surface area contributed by atoms with Crippen molar-refractivity contribution in [2.24, 2.45) is 0 Å². The molecule has 1 aliphatic rings. The lowest BCUT2D eigenvalue weighted by Gasteiger charge is -2.22. The molecule has 0 aliphatic carbocycles. The molecule has 0 unspecified atom stereocenters. The Morgan fingerprint density at radius 1 is 0.929 bits per heavy atom. The van der Waals surface area contributed by atoms with Crippen LogP contribution in [-0.2, 0) is 22.4 Å². The number of amides is 2. The lowest BCUT2D eigenvalue weighted by Crippen LogP contribution is -2.37. The number of carbonyl (C=O) groups excluding carboxylic acids is 2. The number of hydrogen-bond donors (Lipinski definition) is 0. The van der Waals surface area contributed by atoms with Gasteiger partial charge in [-0.05, 0) is 48.6 Å². The van der Waals surface area contributed by atoms with Crippen molar-refractivity contribution in [1.29, 1.82) is 0 Å². The second-order valence-corrected chi connectivity index (χ2v) is 7.57. The van der Waals surface area contributed by atoms with E-state index in [2.05, 4.69) is 4.98 Å². The average Bonchev–Trinajstić information content (AvgIpc) is 2.97. The van der Waals surface area contributed by atoms with Crippen LogP contribution in [0.25, 0.3) is 0 Å². The maximum atomic E-state index is 12.6. The standard InChI is InChI=1S/C22H26ClN3O2/c23-20-9-7-18(8-10-20)16-22(28)26-13-3-12-25(14-15-26)21(27)6-1-4-19-5-2-11-24-17-19/h2,5,7-11,17H,1,3-4,6,12-16H2. The molecule has 148 valence electrons. The third kappa shape index (κ3) is 6.06. The topological polar surface area (TPSA) is 53.5 Å². The molecular weight excluding hydrogens is 374 g/mol. The van der Waals surface area contributed by atoms with Crippen molar-refractivity contribution in [3.8, 4) is 0 Å². The van der Waals surface area contributed by atoms with Crippen molar-refractivity contribution in [3.63, 3.8) is 0 Å². The summed E-state index contributed by atoms with van der Waals surface area (Å²) in [5, 5.41) is 0.670.